The first-order valence-corrected chi connectivity index (χ1v) is 5.64. The van der Waals surface area contributed by atoms with Crippen molar-refractivity contribution < 1.29 is 9.50 Å². The van der Waals surface area contributed by atoms with Gasteiger partial charge < -0.3 is 10.4 Å². The molecule has 0 aliphatic rings. The summed E-state index contributed by atoms with van der Waals surface area (Å²) in [5.41, 5.74) is 2.01. The summed E-state index contributed by atoms with van der Waals surface area (Å²) in [4.78, 5) is 0. The van der Waals surface area contributed by atoms with Crippen molar-refractivity contribution in [2.45, 2.75) is 33.4 Å². The summed E-state index contributed by atoms with van der Waals surface area (Å²) >= 11 is 0. The molecule has 0 radical (unpaired) electrons. The van der Waals surface area contributed by atoms with E-state index in [1.54, 1.807) is 6.07 Å². The van der Waals surface area contributed by atoms with Gasteiger partial charge in [0, 0.05) is 12.6 Å². The highest BCUT2D eigenvalue weighted by Gasteiger charge is 2.11. The van der Waals surface area contributed by atoms with Crippen LogP contribution < -0.4 is 5.32 Å². The van der Waals surface area contributed by atoms with Gasteiger partial charge >= 0.3 is 0 Å². The molecule has 90 valence electrons. The Morgan fingerprint density at radius 2 is 2.06 bits per heavy atom. The van der Waals surface area contributed by atoms with Crippen LogP contribution in [0.1, 0.15) is 25.0 Å². The molecule has 1 aromatic carbocycles. The third kappa shape index (κ3) is 3.58. The first-order valence-electron chi connectivity index (χ1n) is 5.64. The molecule has 0 aliphatic carbocycles. The summed E-state index contributed by atoms with van der Waals surface area (Å²) in [6.45, 7) is 6.75. The minimum Gasteiger partial charge on any atom is -0.395 e. The fraction of sp³-hybridized carbons (Fsp3) is 0.538. The monoisotopic (exact) mass is 225 g/mol. The zero-order chi connectivity index (χ0) is 12.1. The van der Waals surface area contributed by atoms with Crippen molar-refractivity contribution in [1.29, 1.82) is 0 Å². The number of hydrogen-bond acceptors (Lipinski definition) is 2. The molecule has 1 aromatic rings. The molecule has 2 N–H and O–H groups in total. The Kier molecular flexibility index (Phi) is 4.90. The number of aliphatic hydroxyl groups is 1. The van der Waals surface area contributed by atoms with Crippen molar-refractivity contribution in [3.8, 4) is 0 Å². The van der Waals surface area contributed by atoms with E-state index in [1.165, 1.54) is 12.1 Å². The number of benzene rings is 1. The van der Waals surface area contributed by atoms with Gasteiger partial charge in [-0.25, -0.2) is 4.39 Å². The fourth-order valence-electron chi connectivity index (χ4n) is 1.58. The van der Waals surface area contributed by atoms with E-state index in [0.29, 0.717) is 12.5 Å². The molecule has 0 saturated heterocycles. The summed E-state index contributed by atoms with van der Waals surface area (Å²) in [5, 5.41) is 12.4. The maximum Gasteiger partial charge on any atom is 0.123 e. The third-order valence-electron chi connectivity index (χ3n) is 2.87. The average Bonchev–Trinajstić information content (AvgIpc) is 2.23. The number of hydrogen-bond donors (Lipinski definition) is 2. The second kappa shape index (κ2) is 5.97. The van der Waals surface area contributed by atoms with Crippen LogP contribution in [0.2, 0.25) is 0 Å². The number of aryl methyl sites for hydroxylation is 1. The Balaban J connectivity index is 2.63. The van der Waals surface area contributed by atoms with Crippen LogP contribution in [-0.4, -0.2) is 17.8 Å². The Labute approximate surface area is 96.5 Å². The molecule has 0 heterocycles. The lowest BCUT2D eigenvalue weighted by Gasteiger charge is -2.20. The van der Waals surface area contributed by atoms with E-state index < -0.39 is 0 Å². The van der Waals surface area contributed by atoms with Crippen LogP contribution in [0.25, 0.3) is 0 Å². The van der Waals surface area contributed by atoms with Gasteiger partial charge in [-0.05, 0) is 36.1 Å². The van der Waals surface area contributed by atoms with Gasteiger partial charge in [-0.1, -0.05) is 19.9 Å². The van der Waals surface area contributed by atoms with Crippen LogP contribution in [0.5, 0.6) is 0 Å². The van der Waals surface area contributed by atoms with E-state index in [1.807, 2.05) is 20.8 Å². The topological polar surface area (TPSA) is 32.3 Å². The fourth-order valence-corrected chi connectivity index (χ4v) is 1.58. The van der Waals surface area contributed by atoms with E-state index in [-0.39, 0.29) is 18.5 Å². The SMILES string of the molecule is Cc1ccc(F)cc1CNC(CO)C(C)C. The quantitative estimate of drug-likeness (QED) is 0.805. The Bertz CT molecular complexity index is 339. The lowest BCUT2D eigenvalue weighted by molar-refractivity contribution is 0.210. The molecule has 0 bridgehead atoms. The molecule has 2 nitrogen and oxygen atoms in total. The van der Waals surface area contributed by atoms with Crippen molar-refractivity contribution >= 4 is 0 Å². The van der Waals surface area contributed by atoms with Crippen LogP contribution in [-0.2, 0) is 6.54 Å². The molecule has 0 spiro atoms. The standard InChI is InChI=1S/C13H20FNO/c1-9(2)13(8-16)15-7-11-6-12(14)5-4-10(11)3/h4-6,9,13,15-16H,7-8H2,1-3H3. The Morgan fingerprint density at radius 1 is 1.38 bits per heavy atom. The largest absolute Gasteiger partial charge is 0.395 e. The zero-order valence-corrected chi connectivity index (χ0v) is 10.1. The molecule has 1 rings (SSSR count). The van der Waals surface area contributed by atoms with E-state index in [2.05, 4.69) is 5.32 Å². The number of nitrogens with one attached hydrogen (secondary N) is 1. The Hall–Kier alpha value is -0.930. The maximum absolute atomic E-state index is 13.0. The molecule has 0 fully saturated rings. The van der Waals surface area contributed by atoms with Crippen molar-refractivity contribution in [1.82, 2.24) is 5.32 Å². The van der Waals surface area contributed by atoms with Crippen molar-refractivity contribution in [3.63, 3.8) is 0 Å². The number of aliphatic hydroxyl groups excluding tert-OH is 1. The van der Waals surface area contributed by atoms with E-state index in [4.69, 9.17) is 5.11 Å². The van der Waals surface area contributed by atoms with Gasteiger partial charge in [0.25, 0.3) is 0 Å². The molecular formula is C13H20FNO. The predicted octanol–water partition coefficient (Wildman–Crippen LogP) is 2.24. The summed E-state index contributed by atoms with van der Waals surface area (Å²) in [5.74, 6) is 0.145. The molecule has 0 amide bonds. The van der Waals surface area contributed by atoms with Gasteiger partial charge in [-0.2, -0.15) is 0 Å². The molecule has 0 saturated carbocycles. The Morgan fingerprint density at radius 3 is 2.62 bits per heavy atom. The summed E-state index contributed by atoms with van der Waals surface area (Å²) in [7, 11) is 0. The number of halogens is 1. The lowest BCUT2D eigenvalue weighted by atomic mass is 10.0. The van der Waals surface area contributed by atoms with Gasteiger partial charge in [0.05, 0.1) is 6.61 Å². The van der Waals surface area contributed by atoms with E-state index in [9.17, 15) is 4.39 Å². The van der Waals surface area contributed by atoms with Gasteiger partial charge in [0.15, 0.2) is 0 Å². The summed E-state index contributed by atoms with van der Waals surface area (Å²) < 4.78 is 13.0. The number of rotatable bonds is 5. The molecule has 1 atom stereocenters. The van der Waals surface area contributed by atoms with Crippen LogP contribution in [0.15, 0.2) is 18.2 Å². The van der Waals surface area contributed by atoms with Gasteiger partial charge in [-0.3, -0.25) is 0 Å². The highest BCUT2D eigenvalue weighted by molar-refractivity contribution is 5.26. The normalized spacial score (nSPS) is 13.1. The molecule has 3 heteroatoms. The van der Waals surface area contributed by atoms with E-state index in [0.717, 1.165) is 11.1 Å². The zero-order valence-electron chi connectivity index (χ0n) is 10.1. The first kappa shape index (κ1) is 13.1. The third-order valence-corrected chi connectivity index (χ3v) is 2.87. The lowest BCUT2D eigenvalue weighted by Crippen LogP contribution is -2.36. The van der Waals surface area contributed by atoms with Crippen molar-refractivity contribution in [2.75, 3.05) is 6.61 Å². The highest BCUT2D eigenvalue weighted by atomic mass is 19.1. The minimum atomic E-state index is -0.215. The first-order chi connectivity index (χ1) is 7.54. The van der Waals surface area contributed by atoms with Gasteiger partial charge in [0.1, 0.15) is 5.82 Å². The summed E-state index contributed by atoms with van der Waals surface area (Å²) in [6.07, 6.45) is 0. The van der Waals surface area contributed by atoms with Crippen LogP contribution in [0.3, 0.4) is 0 Å². The van der Waals surface area contributed by atoms with Crippen LogP contribution in [0.4, 0.5) is 4.39 Å². The maximum atomic E-state index is 13.0. The molecular weight excluding hydrogens is 205 g/mol. The average molecular weight is 225 g/mol. The van der Waals surface area contributed by atoms with Crippen molar-refractivity contribution in [2.24, 2.45) is 5.92 Å². The van der Waals surface area contributed by atoms with Crippen LogP contribution in [0, 0.1) is 18.7 Å². The second-order valence-corrected chi connectivity index (χ2v) is 4.48. The van der Waals surface area contributed by atoms with E-state index >= 15 is 0 Å². The molecule has 16 heavy (non-hydrogen) atoms. The molecule has 1 unspecified atom stereocenters. The van der Waals surface area contributed by atoms with Crippen LogP contribution >= 0.6 is 0 Å². The van der Waals surface area contributed by atoms with Gasteiger partial charge in [0.2, 0.25) is 0 Å². The summed E-state index contributed by atoms with van der Waals surface area (Å²) in [6, 6.07) is 4.83. The predicted molar refractivity (Wildman–Crippen MR) is 63.7 cm³/mol. The highest BCUT2D eigenvalue weighted by Crippen LogP contribution is 2.11. The molecule has 0 aliphatic heterocycles. The smallest absolute Gasteiger partial charge is 0.123 e. The van der Waals surface area contributed by atoms with Gasteiger partial charge in [-0.15, -0.1) is 0 Å². The molecule has 0 aromatic heterocycles. The van der Waals surface area contributed by atoms with Crippen molar-refractivity contribution in [3.05, 3.63) is 35.1 Å². The minimum absolute atomic E-state index is 0.0580. The second-order valence-electron chi connectivity index (χ2n) is 4.48.